The van der Waals surface area contributed by atoms with Crippen LogP contribution in [0.5, 0.6) is 0 Å². The first-order valence-corrected chi connectivity index (χ1v) is 7.66. The van der Waals surface area contributed by atoms with Crippen molar-refractivity contribution < 1.29 is 13.2 Å². The molecule has 0 amide bonds. The van der Waals surface area contributed by atoms with Gasteiger partial charge < -0.3 is 5.32 Å². The highest BCUT2D eigenvalue weighted by Crippen LogP contribution is 2.32. The van der Waals surface area contributed by atoms with Gasteiger partial charge in [0.2, 0.25) is 5.82 Å². The van der Waals surface area contributed by atoms with E-state index in [1.54, 1.807) is 6.92 Å². The van der Waals surface area contributed by atoms with Crippen LogP contribution in [0.25, 0.3) is 0 Å². The third kappa shape index (κ3) is 4.53. The lowest BCUT2D eigenvalue weighted by Crippen LogP contribution is -2.14. The second-order valence-corrected chi connectivity index (χ2v) is 6.07. The highest BCUT2D eigenvalue weighted by Gasteiger charge is 2.35. The minimum atomic E-state index is -4.59. The smallest absolute Gasteiger partial charge is 0.370 e. The number of halogens is 3. The average Bonchev–Trinajstić information content (AvgIpc) is 2.80. The lowest BCUT2D eigenvalue weighted by Gasteiger charge is -2.10. The Morgan fingerprint density at radius 3 is 2.62 bits per heavy atom. The van der Waals surface area contributed by atoms with Gasteiger partial charge in [-0.1, -0.05) is 6.92 Å². The van der Waals surface area contributed by atoms with E-state index in [9.17, 15) is 13.2 Å². The van der Waals surface area contributed by atoms with Crippen molar-refractivity contribution in [1.82, 2.24) is 19.3 Å². The standard InChI is InChI=1S/C11H12F3N5S2/c1-3-4-15-7-5-8(18-9(17-7)11(12,13)14)20-10-16-6(2)19-21-10/h5H,3-4H2,1-2H3,(H,15,17,18). The highest BCUT2D eigenvalue weighted by molar-refractivity contribution is 8.00. The molecule has 5 nitrogen and oxygen atoms in total. The number of aryl methyl sites for hydroxylation is 1. The molecule has 1 N–H and O–H groups in total. The van der Waals surface area contributed by atoms with Crippen molar-refractivity contribution in [3.8, 4) is 0 Å². The third-order valence-electron chi connectivity index (χ3n) is 2.21. The second kappa shape index (κ2) is 6.56. The second-order valence-electron chi connectivity index (χ2n) is 4.05. The zero-order valence-electron chi connectivity index (χ0n) is 11.2. The van der Waals surface area contributed by atoms with E-state index < -0.39 is 12.0 Å². The largest absolute Gasteiger partial charge is 0.451 e. The van der Waals surface area contributed by atoms with E-state index in [0.717, 1.165) is 29.7 Å². The Kier molecular flexibility index (Phi) is 4.99. The molecule has 0 aromatic carbocycles. The van der Waals surface area contributed by atoms with Crippen LogP contribution in [0.15, 0.2) is 15.4 Å². The maximum atomic E-state index is 12.8. The zero-order chi connectivity index (χ0) is 15.5. The summed E-state index contributed by atoms with van der Waals surface area (Å²) in [7, 11) is 0. The fraction of sp³-hybridized carbons (Fsp3) is 0.455. The first kappa shape index (κ1) is 16.0. The molecule has 0 aliphatic carbocycles. The van der Waals surface area contributed by atoms with Crippen molar-refractivity contribution >= 4 is 29.1 Å². The van der Waals surface area contributed by atoms with Crippen LogP contribution in [-0.2, 0) is 6.18 Å². The fourth-order valence-electron chi connectivity index (χ4n) is 1.36. The molecule has 10 heteroatoms. The van der Waals surface area contributed by atoms with Crippen molar-refractivity contribution in [1.29, 1.82) is 0 Å². The number of anilines is 1. The molecule has 0 aliphatic rings. The topological polar surface area (TPSA) is 63.6 Å². The van der Waals surface area contributed by atoms with E-state index in [1.165, 1.54) is 6.07 Å². The number of hydrogen-bond donors (Lipinski definition) is 1. The van der Waals surface area contributed by atoms with E-state index in [0.29, 0.717) is 16.7 Å². The number of alkyl halides is 3. The molecule has 0 saturated heterocycles. The molecule has 0 bridgehead atoms. The predicted molar refractivity (Wildman–Crippen MR) is 74.6 cm³/mol. The Hall–Kier alpha value is -1.42. The van der Waals surface area contributed by atoms with E-state index in [1.807, 2.05) is 6.92 Å². The highest BCUT2D eigenvalue weighted by atomic mass is 32.2. The van der Waals surface area contributed by atoms with Crippen molar-refractivity contribution in [2.45, 2.75) is 35.8 Å². The molecule has 114 valence electrons. The number of aromatic nitrogens is 4. The maximum absolute atomic E-state index is 12.8. The van der Waals surface area contributed by atoms with E-state index in [4.69, 9.17) is 0 Å². The van der Waals surface area contributed by atoms with Crippen LogP contribution in [0.3, 0.4) is 0 Å². The fourth-order valence-corrected chi connectivity index (χ4v) is 2.96. The zero-order valence-corrected chi connectivity index (χ0v) is 12.9. The van der Waals surface area contributed by atoms with E-state index >= 15 is 0 Å². The quantitative estimate of drug-likeness (QED) is 0.842. The van der Waals surface area contributed by atoms with Crippen LogP contribution in [0.4, 0.5) is 19.0 Å². The summed E-state index contributed by atoms with van der Waals surface area (Å²) in [5.41, 5.74) is 0. The summed E-state index contributed by atoms with van der Waals surface area (Å²) in [6.45, 7) is 4.17. The van der Waals surface area contributed by atoms with Gasteiger partial charge in [0.05, 0.1) is 0 Å². The van der Waals surface area contributed by atoms with Crippen molar-refractivity contribution in [3.63, 3.8) is 0 Å². The number of nitrogens with zero attached hydrogens (tertiary/aromatic N) is 4. The summed E-state index contributed by atoms with van der Waals surface area (Å²) in [5, 5.41) is 3.03. The van der Waals surface area contributed by atoms with Crippen molar-refractivity contribution in [2.24, 2.45) is 0 Å². The summed E-state index contributed by atoms with van der Waals surface area (Å²) in [6.07, 6.45) is -3.81. The minimum absolute atomic E-state index is 0.155. The summed E-state index contributed by atoms with van der Waals surface area (Å²) >= 11 is 2.16. The SMILES string of the molecule is CCCNc1cc(Sc2nc(C)ns2)nc(C(F)(F)F)n1. The van der Waals surface area contributed by atoms with Crippen LogP contribution < -0.4 is 5.32 Å². The van der Waals surface area contributed by atoms with Crippen LogP contribution in [0.2, 0.25) is 0 Å². The van der Waals surface area contributed by atoms with Gasteiger partial charge in [0.15, 0.2) is 4.34 Å². The number of rotatable bonds is 5. The van der Waals surface area contributed by atoms with E-state index in [-0.39, 0.29) is 10.8 Å². The van der Waals surface area contributed by atoms with Gasteiger partial charge in [-0.2, -0.15) is 17.5 Å². The molecule has 0 spiro atoms. The average molecular weight is 335 g/mol. The van der Waals surface area contributed by atoms with Gasteiger partial charge >= 0.3 is 6.18 Å². The Morgan fingerprint density at radius 1 is 1.29 bits per heavy atom. The van der Waals surface area contributed by atoms with Gasteiger partial charge in [-0.15, -0.1) is 0 Å². The lowest BCUT2D eigenvalue weighted by molar-refractivity contribution is -0.145. The summed E-state index contributed by atoms with van der Waals surface area (Å²) in [5.74, 6) is -0.424. The maximum Gasteiger partial charge on any atom is 0.451 e. The van der Waals surface area contributed by atoms with Crippen molar-refractivity contribution in [3.05, 3.63) is 17.7 Å². The Balaban J connectivity index is 2.30. The van der Waals surface area contributed by atoms with Gasteiger partial charge in [0, 0.05) is 12.6 Å². The van der Waals surface area contributed by atoms with Crippen molar-refractivity contribution in [2.75, 3.05) is 11.9 Å². The molecule has 0 saturated carbocycles. The molecule has 0 aliphatic heterocycles. The molecule has 2 rings (SSSR count). The Labute approximate surface area is 127 Å². The molecular weight excluding hydrogens is 323 g/mol. The Bertz CT molecular complexity index is 614. The molecule has 0 unspecified atom stereocenters. The summed E-state index contributed by atoms with van der Waals surface area (Å²) in [4.78, 5) is 11.1. The summed E-state index contributed by atoms with van der Waals surface area (Å²) in [6, 6.07) is 1.48. The molecule has 2 aromatic rings. The van der Waals surface area contributed by atoms with E-state index in [2.05, 4.69) is 24.6 Å². The monoisotopic (exact) mass is 335 g/mol. The minimum Gasteiger partial charge on any atom is -0.370 e. The van der Waals surface area contributed by atoms with Gasteiger partial charge in [-0.3, -0.25) is 0 Å². The molecule has 0 atom stereocenters. The van der Waals surface area contributed by atoms with Gasteiger partial charge in [0.25, 0.3) is 0 Å². The normalized spacial score (nSPS) is 11.7. The molecule has 21 heavy (non-hydrogen) atoms. The predicted octanol–water partition coefficient (Wildman–Crippen LogP) is 3.63. The lowest BCUT2D eigenvalue weighted by atomic mass is 10.4. The molecule has 2 heterocycles. The molecule has 2 aromatic heterocycles. The van der Waals surface area contributed by atoms with Crippen LogP contribution in [0.1, 0.15) is 25.0 Å². The first-order chi connectivity index (χ1) is 9.88. The first-order valence-electron chi connectivity index (χ1n) is 6.07. The third-order valence-corrected chi connectivity index (χ3v) is 3.97. The molecular formula is C11H12F3N5S2. The molecule has 0 fully saturated rings. The number of nitrogens with one attached hydrogen (secondary N) is 1. The van der Waals surface area contributed by atoms with Crippen LogP contribution >= 0.6 is 23.3 Å². The van der Waals surface area contributed by atoms with Crippen LogP contribution in [-0.4, -0.2) is 25.9 Å². The Morgan fingerprint density at radius 2 is 2.05 bits per heavy atom. The summed E-state index contributed by atoms with van der Waals surface area (Å²) < 4.78 is 43.0. The van der Waals surface area contributed by atoms with Gasteiger partial charge in [-0.05, 0) is 36.6 Å². The van der Waals surface area contributed by atoms with Crippen LogP contribution in [0, 0.1) is 6.92 Å². The van der Waals surface area contributed by atoms with Gasteiger partial charge in [0.1, 0.15) is 16.7 Å². The molecule has 0 radical (unpaired) electrons. The number of hydrogen-bond acceptors (Lipinski definition) is 7. The van der Waals surface area contributed by atoms with Gasteiger partial charge in [-0.25, -0.2) is 15.0 Å².